The van der Waals surface area contributed by atoms with E-state index < -0.39 is 41.4 Å². The van der Waals surface area contributed by atoms with Crippen LogP contribution in [0.5, 0.6) is 11.8 Å². The van der Waals surface area contributed by atoms with Crippen molar-refractivity contribution < 1.29 is 37.1 Å². The molecule has 1 N–H and O–H groups in total. The van der Waals surface area contributed by atoms with Gasteiger partial charge >= 0.3 is 12.2 Å². The first-order valence-corrected chi connectivity index (χ1v) is 17.4. The number of nitrogens with zero attached hydrogens (tertiary/aromatic N) is 6. The van der Waals surface area contributed by atoms with Crippen molar-refractivity contribution in [3.05, 3.63) is 70.4 Å². The Kier molecular flexibility index (Phi) is 9.07. The van der Waals surface area contributed by atoms with Gasteiger partial charge in [-0.15, -0.1) is 0 Å². The van der Waals surface area contributed by atoms with Gasteiger partial charge in [-0.2, -0.15) is 18.3 Å². The lowest BCUT2D eigenvalue weighted by Gasteiger charge is -2.27. The van der Waals surface area contributed by atoms with Gasteiger partial charge in [-0.1, -0.05) is 12.5 Å². The summed E-state index contributed by atoms with van der Waals surface area (Å²) in [6.07, 6.45) is 1.93. The van der Waals surface area contributed by atoms with E-state index in [1.165, 1.54) is 22.6 Å². The Hall–Kier alpha value is -5.21. The van der Waals surface area contributed by atoms with E-state index in [2.05, 4.69) is 25.4 Å². The van der Waals surface area contributed by atoms with Gasteiger partial charge in [0, 0.05) is 49.1 Å². The third kappa shape index (κ3) is 6.87. The summed E-state index contributed by atoms with van der Waals surface area (Å²) < 4.78 is 48.0. The van der Waals surface area contributed by atoms with E-state index >= 15 is 0 Å². The van der Waals surface area contributed by atoms with Gasteiger partial charge in [-0.25, -0.2) is 15.0 Å². The largest absolute Gasteiger partial charge is 0.433 e. The number of benzene rings is 1. The van der Waals surface area contributed by atoms with Crippen LogP contribution in [0.25, 0.3) is 10.9 Å². The molecule has 1 aliphatic carbocycles. The number of halogens is 3. The lowest BCUT2D eigenvalue weighted by molar-refractivity contribution is -0.141. The van der Waals surface area contributed by atoms with Crippen LogP contribution >= 0.6 is 0 Å². The predicted octanol–water partition coefficient (Wildman–Crippen LogP) is 5.26. The molecule has 3 atom stereocenters. The van der Waals surface area contributed by atoms with Crippen molar-refractivity contribution >= 4 is 34.3 Å². The third-order valence-corrected chi connectivity index (χ3v) is 10.4. The first-order chi connectivity index (χ1) is 24.7. The van der Waals surface area contributed by atoms with Crippen LogP contribution < -0.4 is 10.1 Å². The second-order valence-corrected chi connectivity index (χ2v) is 14.2. The Bertz CT molecular complexity index is 2100. The Morgan fingerprint density at radius 1 is 1.04 bits per heavy atom. The van der Waals surface area contributed by atoms with Gasteiger partial charge in [0.1, 0.15) is 23.7 Å². The number of carbonyl (C=O) groups is 4. The molecule has 3 aliphatic rings. The van der Waals surface area contributed by atoms with Crippen LogP contribution in [0.2, 0.25) is 0 Å². The van der Waals surface area contributed by atoms with Gasteiger partial charge in [-0.3, -0.25) is 23.9 Å². The van der Waals surface area contributed by atoms with Crippen molar-refractivity contribution in [3.8, 4) is 11.8 Å². The van der Waals surface area contributed by atoms with Crippen LogP contribution in [-0.2, 0) is 39.9 Å². The number of rotatable bonds is 6. The Morgan fingerprint density at radius 2 is 1.79 bits per heavy atom. The average Bonchev–Trinajstić information content (AvgIpc) is 3.50. The monoisotopic (exact) mass is 717 g/mol. The molecule has 2 amide bonds. The normalized spacial score (nSPS) is 22.2. The van der Waals surface area contributed by atoms with Gasteiger partial charge < -0.3 is 15.0 Å². The van der Waals surface area contributed by atoms with Crippen LogP contribution in [-0.4, -0.2) is 71.6 Å². The highest BCUT2D eigenvalue weighted by molar-refractivity contribution is 6.06. The summed E-state index contributed by atoms with van der Waals surface area (Å²) >= 11 is 0. The highest BCUT2D eigenvalue weighted by Gasteiger charge is 2.66. The first kappa shape index (κ1) is 35.2. The number of aryl methyl sites for hydroxylation is 3. The summed E-state index contributed by atoms with van der Waals surface area (Å²) in [6, 6.07) is 4.46. The molecule has 3 aromatic heterocycles. The average molecular weight is 718 g/mol. The highest BCUT2D eigenvalue weighted by Crippen LogP contribution is 2.59. The number of carbonyl (C=O) groups excluding carboxylic acids is 4. The van der Waals surface area contributed by atoms with Crippen molar-refractivity contribution in [2.24, 2.45) is 5.41 Å². The van der Waals surface area contributed by atoms with E-state index in [9.17, 15) is 32.3 Å². The van der Waals surface area contributed by atoms with E-state index in [4.69, 9.17) is 4.74 Å². The topological polar surface area (TPSA) is 149 Å². The number of hydrogen-bond donors (Lipinski definition) is 1. The van der Waals surface area contributed by atoms with E-state index in [0.717, 1.165) is 23.6 Å². The highest BCUT2D eigenvalue weighted by atomic mass is 19.4. The zero-order chi connectivity index (χ0) is 36.9. The standard InChI is InChI=1S/C37H38F3N7O5/c1-20-16-41-35(42-17-20)52-24-11-23-7-5-4-6-8-31(50)43-19-36-14-27(28(49)13-26-21(2)9-10-29(44-26)37(38,39)40)47(30(36)15-36)32(51)18-46-34(23)25(12-24)33(45-46)22(3)48/h9-12,16-17,27,30H,4-8,13-15,18-19H2,1-3H3,(H,43,50)/t27-,30+,36-/m0/s1. The van der Waals surface area contributed by atoms with Crippen molar-refractivity contribution in [2.75, 3.05) is 6.54 Å². The molecule has 1 saturated carbocycles. The molecule has 7 rings (SSSR count). The maximum Gasteiger partial charge on any atom is 0.433 e. The molecular weight excluding hydrogens is 679 g/mol. The molecule has 0 spiro atoms. The number of piperidine rings is 1. The molecular formula is C37H38F3N7O5. The number of pyridine rings is 1. The molecule has 0 unspecified atom stereocenters. The molecule has 0 radical (unpaired) electrons. The van der Waals surface area contributed by atoms with Crippen LogP contribution in [0.3, 0.4) is 0 Å². The number of amides is 2. The minimum atomic E-state index is -4.68. The summed E-state index contributed by atoms with van der Waals surface area (Å²) in [7, 11) is 0. The first-order valence-electron chi connectivity index (χ1n) is 17.4. The van der Waals surface area contributed by atoms with E-state index in [1.807, 2.05) is 13.0 Å². The molecule has 52 heavy (non-hydrogen) atoms. The minimum absolute atomic E-state index is 0.00332. The molecule has 1 aromatic carbocycles. The van der Waals surface area contributed by atoms with E-state index in [-0.39, 0.29) is 54.6 Å². The smallest absolute Gasteiger partial charge is 0.424 e. The number of ketones is 2. The maximum atomic E-state index is 14.4. The number of aromatic nitrogens is 5. The minimum Gasteiger partial charge on any atom is -0.424 e. The maximum absolute atomic E-state index is 14.4. The molecule has 15 heteroatoms. The SMILES string of the molecule is CC(=O)c1nn2c3c(cc(Oc4ncc(C)cn4)cc13)CCCCCC(=O)NC[C@@]13C[C@@H](C(=O)Cc4nc(C(F)(F)F)ccc4C)N(C(=O)C2)[C@@H]1C3. The molecule has 2 aliphatic heterocycles. The van der Waals surface area contributed by atoms with Crippen molar-refractivity contribution in [2.45, 2.75) is 96.9 Å². The predicted molar refractivity (Wildman–Crippen MR) is 181 cm³/mol. The van der Waals surface area contributed by atoms with Gasteiger partial charge in [-0.05, 0) is 80.8 Å². The lowest BCUT2D eigenvalue weighted by atomic mass is 9.94. The third-order valence-electron chi connectivity index (χ3n) is 10.4. The number of Topliss-reactive ketones (excluding diaryl/α,β-unsaturated/α-hetero) is 2. The molecule has 12 nitrogen and oxygen atoms in total. The van der Waals surface area contributed by atoms with Gasteiger partial charge in [0.2, 0.25) is 11.8 Å². The lowest BCUT2D eigenvalue weighted by Crippen LogP contribution is -2.45. The summed E-state index contributed by atoms with van der Waals surface area (Å²) in [5, 5.41) is 8.11. The number of ether oxygens (including phenoxy) is 1. The van der Waals surface area contributed by atoms with E-state index in [0.29, 0.717) is 54.3 Å². The van der Waals surface area contributed by atoms with Crippen LogP contribution in [0.1, 0.15) is 84.0 Å². The van der Waals surface area contributed by atoms with Crippen molar-refractivity contribution in [1.29, 1.82) is 0 Å². The van der Waals surface area contributed by atoms with E-state index in [1.54, 1.807) is 25.4 Å². The fraction of sp³-hybridized carbons (Fsp3) is 0.459. The molecule has 2 fully saturated rings. The van der Waals surface area contributed by atoms with Gasteiger partial charge in [0.05, 0.1) is 23.7 Å². The fourth-order valence-electron chi connectivity index (χ4n) is 7.60. The Morgan fingerprint density at radius 3 is 2.52 bits per heavy atom. The quantitative estimate of drug-likeness (QED) is 0.264. The Labute approximate surface area is 297 Å². The summed E-state index contributed by atoms with van der Waals surface area (Å²) in [6.45, 7) is 4.82. The van der Waals surface area contributed by atoms with Crippen molar-refractivity contribution in [3.63, 3.8) is 0 Å². The van der Waals surface area contributed by atoms with Crippen LogP contribution in [0.4, 0.5) is 13.2 Å². The molecule has 4 aromatic rings. The second kappa shape index (κ2) is 13.4. The van der Waals surface area contributed by atoms with Crippen molar-refractivity contribution in [1.82, 2.24) is 34.9 Å². The molecule has 1 saturated heterocycles. The fourth-order valence-corrected chi connectivity index (χ4v) is 7.60. The summed E-state index contributed by atoms with van der Waals surface area (Å²) in [5.74, 6) is -0.910. The zero-order valence-corrected chi connectivity index (χ0v) is 29.0. The molecule has 5 heterocycles. The molecule has 2 bridgehead atoms. The number of hydrogen-bond acceptors (Lipinski definition) is 9. The summed E-state index contributed by atoms with van der Waals surface area (Å²) in [5.41, 5.74) is 1.14. The summed E-state index contributed by atoms with van der Waals surface area (Å²) in [4.78, 5) is 67.9. The molecule has 272 valence electrons. The number of nitrogens with one attached hydrogen (secondary N) is 1. The number of alkyl halides is 3. The second-order valence-electron chi connectivity index (χ2n) is 14.2. The van der Waals surface area contributed by atoms with Crippen LogP contribution in [0, 0.1) is 19.3 Å². The van der Waals surface area contributed by atoms with Gasteiger partial charge in [0.15, 0.2) is 11.6 Å². The van der Waals surface area contributed by atoms with Crippen LogP contribution in [0.15, 0.2) is 36.7 Å². The van der Waals surface area contributed by atoms with Gasteiger partial charge in [0.25, 0.3) is 0 Å². The Balaban J connectivity index is 1.26. The zero-order valence-electron chi connectivity index (χ0n) is 29.0.